The quantitative estimate of drug-likeness (QED) is 0.0190. The van der Waals surface area contributed by atoms with Crippen molar-refractivity contribution in [1.82, 2.24) is 55.0 Å². The van der Waals surface area contributed by atoms with Gasteiger partial charge in [-0.05, 0) is 163 Å². The van der Waals surface area contributed by atoms with Crippen LogP contribution in [0.3, 0.4) is 0 Å². The van der Waals surface area contributed by atoms with Crippen molar-refractivity contribution >= 4 is 123 Å². The van der Waals surface area contributed by atoms with E-state index in [9.17, 15) is 70.0 Å². The molecule has 6 aromatic carbocycles. The van der Waals surface area contributed by atoms with E-state index in [2.05, 4.69) is 50.1 Å². The largest absolute Gasteiger partial charge is 0.394 e. The van der Waals surface area contributed by atoms with E-state index in [-0.39, 0.29) is 190 Å². The highest BCUT2D eigenvalue weighted by atomic mass is 35.5. The van der Waals surface area contributed by atoms with Gasteiger partial charge in [0.05, 0.1) is 107 Å². The van der Waals surface area contributed by atoms with E-state index < -0.39 is 96.9 Å². The maximum Gasteiger partial charge on any atom is 0.317 e. The number of halogens is 6. The predicted molar refractivity (Wildman–Crippen MR) is 475 cm³/mol. The summed E-state index contributed by atoms with van der Waals surface area (Å²) in [5, 5.41) is 65.6. The smallest absolute Gasteiger partial charge is 0.317 e. The molecule has 0 spiro atoms. The molecular formula is C84H113Cl6N11O21S3. The molecule has 32 nitrogen and oxygen atoms in total. The van der Waals surface area contributed by atoms with Crippen molar-refractivity contribution < 1.29 is 98.4 Å². The third-order valence-corrected chi connectivity index (χ3v) is 27.7. The number of rotatable bonds is 52. The van der Waals surface area contributed by atoms with Crippen molar-refractivity contribution in [2.45, 2.75) is 121 Å². The van der Waals surface area contributed by atoms with E-state index in [0.29, 0.717) is 69.4 Å². The molecule has 125 heavy (non-hydrogen) atoms. The molecule has 0 radical (unpaired) electrons. The number of benzene rings is 6. The summed E-state index contributed by atoms with van der Waals surface area (Å²) in [6.45, 7) is 2.50. The normalized spacial score (nSPS) is 16.9. The van der Waals surface area contributed by atoms with Crippen molar-refractivity contribution in [1.29, 1.82) is 0 Å². The van der Waals surface area contributed by atoms with Crippen LogP contribution >= 0.6 is 69.6 Å². The van der Waals surface area contributed by atoms with E-state index in [4.69, 9.17) is 98.0 Å². The summed E-state index contributed by atoms with van der Waals surface area (Å²) in [5.41, 5.74) is 6.39. The molecule has 0 unspecified atom stereocenters. The molecule has 5 amide bonds. The molecule has 6 aromatic rings. The van der Waals surface area contributed by atoms with Gasteiger partial charge >= 0.3 is 6.03 Å². The van der Waals surface area contributed by atoms with Crippen molar-refractivity contribution in [3.8, 4) is 0 Å². The van der Waals surface area contributed by atoms with Gasteiger partial charge < -0.3 is 94.8 Å². The van der Waals surface area contributed by atoms with Crippen LogP contribution in [0, 0.1) is 0 Å². The molecule has 41 heteroatoms. The van der Waals surface area contributed by atoms with Crippen molar-refractivity contribution in [3.63, 3.8) is 0 Å². The molecule has 0 aromatic heterocycles. The molecule has 7 atom stereocenters. The number of carbonyl (C=O) groups is 4. The highest BCUT2D eigenvalue weighted by molar-refractivity contribution is 7.90. The van der Waals surface area contributed by atoms with Crippen LogP contribution in [0.4, 0.5) is 4.79 Å². The SMILES string of the molecule is CN1Cc2c(Cl)cc(Cl)cc2[C@H](c2cccc(S(=O)(=O)NCCOCCOCCNC(=O)CCC(CCC(=O)NCCOCCOCCNS(=O)(=O)c3cccc([C@@H]4CN(C)Cc5c(Cl)cc(Cl)cc54)c3)(CCC(=O)NCCOCCOCCNS(=O)(=O)c3cccc([C@@H]4CN(C)Cc5c(Cl)cc(Cl)cc54)c3)NC(=O)N(C)C[C@H](O)[C@@H](O)[C@H](O)[C@H](O)CO)c2)C1. The fourth-order valence-corrected chi connectivity index (χ4v) is 20.0. The van der Waals surface area contributed by atoms with E-state index in [1.54, 1.807) is 54.6 Å². The Morgan fingerprint density at radius 1 is 0.432 bits per heavy atom. The van der Waals surface area contributed by atoms with E-state index in [0.717, 1.165) is 55.0 Å². The van der Waals surface area contributed by atoms with Gasteiger partial charge in [-0.3, -0.25) is 14.4 Å². The summed E-state index contributed by atoms with van der Waals surface area (Å²) < 4.78 is 123. The average Bonchev–Trinajstić information content (AvgIpc) is 0.779. The Bertz CT molecular complexity index is 4510. The summed E-state index contributed by atoms with van der Waals surface area (Å²) in [5.74, 6) is -2.10. The topological polar surface area (TPSA) is 424 Å². The number of hydrogen-bond acceptors (Lipinski definition) is 24. The highest BCUT2D eigenvalue weighted by Gasteiger charge is 2.38. The third kappa shape index (κ3) is 31.3. The second-order valence-corrected chi connectivity index (χ2v) is 39.0. The number of sulfonamides is 3. The number of aliphatic hydroxyl groups is 5. The van der Waals surface area contributed by atoms with Crippen LogP contribution < -0.4 is 35.4 Å². The third-order valence-electron chi connectivity index (χ3n) is 21.6. The molecule has 3 aliphatic heterocycles. The number of carbonyl (C=O) groups excluding carboxylic acids is 4. The number of hydrogen-bond donors (Lipinski definition) is 12. The first kappa shape index (κ1) is 103. The molecule has 0 saturated carbocycles. The van der Waals surface area contributed by atoms with E-state index in [1.165, 1.54) is 25.2 Å². The van der Waals surface area contributed by atoms with E-state index in [1.807, 2.05) is 57.5 Å². The maximum absolute atomic E-state index is 14.3. The zero-order chi connectivity index (χ0) is 90.6. The highest BCUT2D eigenvalue weighted by Crippen LogP contribution is 2.43. The summed E-state index contributed by atoms with van der Waals surface area (Å²) >= 11 is 39.0. The lowest BCUT2D eigenvalue weighted by Crippen LogP contribution is -2.56. The summed E-state index contributed by atoms with van der Waals surface area (Å²) in [6, 6.07) is 29.9. The van der Waals surface area contributed by atoms with Gasteiger partial charge in [0.2, 0.25) is 47.8 Å². The Balaban J connectivity index is 0.749. The Morgan fingerprint density at radius 3 is 1.02 bits per heavy atom. The van der Waals surface area contributed by atoms with Crippen LogP contribution in [0.1, 0.15) is 106 Å². The Morgan fingerprint density at radius 2 is 0.720 bits per heavy atom. The van der Waals surface area contributed by atoms with Gasteiger partial charge in [-0.1, -0.05) is 106 Å². The first-order valence-electron chi connectivity index (χ1n) is 41.0. The summed E-state index contributed by atoms with van der Waals surface area (Å²) in [7, 11) is -4.73. The number of nitrogens with zero attached hydrogens (tertiary/aromatic N) is 4. The Labute approximate surface area is 761 Å². The molecule has 0 fully saturated rings. The lowest BCUT2D eigenvalue weighted by atomic mass is 9.83. The second kappa shape index (κ2) is 49.8. The van der Waals surface area contributed by atoms with Crippen molar-refractivity contribution in [2.75, 3.05) is 180 Å². The molecule has 690 valence electrons. The van der Waals surface area contributed by atoms with Gasteiger partial charge in [0.1, 0.15) is 24.4 Å². The number of aliphatic hydroxyl groups excluding tert-OH is 5. The van der Waals surface area contributed by atoms with Gasteiger partial charge in [-0.2, -0.15) is 0 Å². The molecule has 3 aliphatic rings. The van der Waals surface area contributed by atoms with Gasteiger partial charge in [0.15, 0.2) is 0 Å². The summed E-state index contributed by atoms with van der Waals surface area (Å²) in [4.78, 5) is 63.1. The molecule has 9 rings (SSSR count). The molecule has 3 heterocycles. The van der Waals surface area contributed by atoms with E-state index >= 15 is 0 Å². The minimum absolute atomic E-state index is 0.00762. The molecular weight excluding hydrogens is 1810 g/mol. The number of urea groups is 1. The Hall–Kier alpha value is -6.09. The van der Waals surface area contributed by atoms with Crippen LogP contribution in [0.5, 0.6) is 0 Å². The number of ether oxygens (including phenoxy) is 6. The second-order valence-electron chi connectivity index (χ2n) is 31.1. The lowest BCUT2D eigenvalue weighted by Gasteiger charge is -2.37. The van der Waals surface area contributed by atoms with Gasteiger partial charge in [-0.25, -0.2) is 44.2 Å². The van der Waals surface area contributed by atoms with Gasteiger partial charge in [0, 0.05) is 158 Å². The zero-order valence-electron chi connectivity index (χ0n) is 70.1. The standard InChI is InChI=1S/C84H113Cl6N11O21S3/c1-98-47-67(64-41-58(85)44-73(88)70(64)50-98)55-8-5-11-61(38-55)123(111,112)94-23-29-120-35-32-117-26-20-91-78(105)14-17-84(97-83(110)101(4)53-76(103)81(108)82(109)77(104)54-102,18-15-79(106)92-21-27-118-33-36-121-30-24-95-124(113,114)62-12-6-9-56(39-62)68-48-99(2)51-71-65(68)42-59(86)45-74(71)89)19-16-80(107)93-22-28-119-34-37-122-31-25-96-125(115,116)63-13-7-10-57(40-63)69-49-100(3)52-72-66(69)43-60(87)46-75(72)90/h5-13,38-46,67-69,76-77,81-82,94-96,102-104,108-109H,14-37,47-54H2,1-4H3,(H,91,105)(H,92,106)(H,93,107)(H,97,110)/t67-,68-,69-,76-,77+,81+,82+/m0/s1. The minimum atomic E-state index is -3.95. The first-order chi connectivity index (χ1) is 59.6. The Kier molecular flexibility index (Phi) is 40.9. The fraction of sp³-hybridized carbons (Fsp3) is 0.524. The predicted octanol–water partition coefficient (Wildman–Crippen LogP) is 6.18. The minimum Gasteiger partial charge on any atom is -0.394 e. The number of nitrogens with one attached hydrogen (secondary N) is 7. The van der Waals surface area contributed by atoms with Crippen LogP contribution in [0.15, 0.2) is 124 Å². The number of likely N-dealkylation sites (N-methyl/N-ethyl adjacent to an activating group) is 4. The molecule has 0 saturated heterocycles. The summed E-state index contributed by atoms with van der Waals surface area (Å²) in [6.07, 6.45) is -9.17. The first-order valence-corrected chi connectivity index (χ1v) is 47.7. The van der Waals surface area contributed by atoms with Crippen molar-refractivity contribution in [3.05, 3.63) is 189 Å². The monoisotopic (exact) mass is 1920 g/mol. The van der Waals surface area contributed by atoms with Gasteiger partial charge in [-0.15, -0.1) is 0 Å². The van der Waals surface area contributed by atoms with Crippen LogP contribution in [-0.2, 0) is 92.5 Å². The van der Waals surface area contributed by atoms with Crippen LogP contribution in [0.2, 0.25) is 30.1 Å². The fourth-order valence-electron chi connectivity index (χ4n) is 15.1. The zero-order valence-corrected chi connectivity index (χ0v) is 77.1. The molecule has 12 N–H and O–H groups in total. The lowest BCUT2D eigenvalue weighted by molar-refractivity contribution is -0.121. The molecule has 0 bridgehead atoms. The number of fused-ring (bicyclic) bond motifs is 3. The molecule has 0 aliphatic carbocycles. The van der Waals surface area contributed by atoms with Gasteiger partial charge in [0.25, 0.3) is 0 Å². The van der Waals surface area contributed by atoms with Crippen LogP contribution in [0.25, 0.3) is 0 Å². The maximum atomic E-state index is 14.3. The average molecular weight is 1920 g/mol. The van der Waals surface area contributed by atoms with Crippen LogP contribution in [-0.4, -0.2) is 304 Å². The number of amides is 5. The van der Waals surface area contributed by atoms with Crippen molar-refractivity contribution in [2.24, 2.45) is 0 Å².